The van der Waals surface area contributed by atoms with Crippen LogP contribution in [0.4, 0.5) is 5.69 Å². The number of hydrogen-bond donors (Lipinski definition) is 2. The number of carboxylic acids is 1. The first-order valence-electron chi connectivity index (χ1n) is 10.0. The van der Waals surface area contributed by atoms with Gasteiger partial charge in [0.25, 0.3) is 0 Å². The first-order valence-corrected chi connectivity index (χ1v) is 10.9. The average Bonchev–Trinajstić information content (AvgIpc) is 3.08. The van der Waals surface area contributed by atoms with Gasteiger partial charge in [-0.1, -0.05) is 49.0 Å². The Balaban J connectivity index is 2.00. The molecule has 2 N–H and O–H groups in total. The van der Waals surface area contributed by atoms with Gasteiger partial charge in [0, 0.05) is 5.56 Å². The largest absolute Gasteiger partial charge is 0.506 e. The van der Waals surface area contributed by atoms with Crippen molar-refractivity contribution < 1.29 is 29.3 Å². The maximum atomic E-state index is 12.5. The molecule has 0 bridgehead atoms. The Labute approximate surface area is 190 Å². The number of aliphatic hydroxyl groups excluding tert-OH is 1. The number of aryl methyl sites for hydroxylation is 1. The van der Waals surface area contributed by atoms with Crippen LogP contribution in [0.25, 0.3) is 6.08 Å². The van der Waals surface area contributed by atoms with E-state index in [9.17, 15) is 14.7 Å². The number of carbonyl (C=O) groups is 2. The molecule has 1 aliphatic rings. The van der Waals surface area contributed by atoms with Gasteiger partial charge in [0.15, 0.2) is 6.61 Å². The molecular formula is C24H23NO6S. The molecule has 0 unspecified atom stereocenters. The summed E-state index contributed by atoms with van der Waals surface area (Å²) in [5.74, 6) is -1.67. The van der Waals surface area contributed by atoms with E-state index in [1.165, 1.54) is 0 Å². The number of aliphatic imine (C=N–C) groups is 1. The average molecular weight is 454 g/mol. The van der Waals surface area contributed by atoms with Gasteiger partial charge in [-0.15, -0.1) is 0 Å². The Kier molecular flexibility index (Phi) is 7.72. The number of benzene rings is 2. The van der Waals surface area contributed by atoms with Crippen molar-refractivity contribution in [1.29, 1.82) is 0 Å². The van der Waals surface area contributed by atoms with Gasteiger partial charge in [-0.3, -0.25) is 0 Å². The minimum Gasteiger partial charge on any atom is -0.506 e. The molecule has 0 fully saturated rings. The number of esters is 1. The van der Waals surface area contributed by atoms with E-state index in [0.29, 0.717) is 26.9 Å². The molecule has 8 heteroatoms. The minimum atomic E-state index is -1.10. The summed E-state index contributed by atoms with van der Waals surface area (Å²) in [4.78, 5) is 28.3. The van der Waals surface area contributed by atoms with Crippen molar-refractivity contribution in [1.82, 2.24) is 0 Å². The minimum absolute atomic E-state index is 0.00777. The van der Waals surface area contributed by atoms with E-state index < -0.39 is 18.5 Å². The fourth-order valence-corrected chi connectivity index (χ4v) is 3.95. The zero-order valence-corrected chi connectivity index (χ0v) is 18.5. The fourth-order valence-electron chi connectivity index (χ4n) is 2.93. The molecule has 32 heavy (non-hydrogen) atoms. The van der Waals surface area contributed by atoms with Crippen molar-refractivity contribution in [2.45, 2.75) is 20.3 Å². The van der Waals surface area contributed by atoms with Crippen LogP contribution in [0.1, 0.15) is 25.0 Å². The van der Waals surface area contributed by atoms with Crippen molar-refractivity contribution in [3.63, 3.8) is 0 Å². The van der Waals surface area contributed by atoms with Crippen molar-refractivity contribution in [2.75, 3.05) is 13.2 Å². The van der Waals surface area contributed by atoms with E-state index in [0.717, 1.165) is 23.7 Å². The monoisotopic (exact) mass is 453 g/mol. The van der Waals surface area contributed by atoms with Crippen LogP contribution in [0, 0.1) is 0 Å². The number of hydrogen-bond acceptors (Lipinski definition) is 7. The molecule has 2 aromatic carbocycles. The highest BCUT2D eigenvalue weighted by Gasteiger charge is 2.33. The van der Waals surface area contributed by atoms with Crippen molar-refractivity contribution >= 4 is 40.5 Å². The highest BCUT2D eigenvalue weighted by atomic mass is 32.2. The van der Waals surface area contributed by atoms with Crippen LogP contribution in [0.5, 0.6) is 5.75 Å². The zero-order valence-electron chi connectivity index (χ0n) is 17.7. The van der Waals surface area contributed by atoms with Gasteiger partial charge < -0.3 is 19.7 Å². The third-order valence-corrected chi connectivity index (χ3v) is 5.52. The second-order valence-electron chi connectivity index (χ2n) is 6.71. The zero-order chi connectivity index (χ0) is 23.1. The summed E-state index contributed by atoms with van der Waals surface area (Å²) < 4.78 is 10.4. The number of aliphatic carboxylic acids is 1. The third kappa shape index (κ3) is 5.59. The van der Waals surface area contributed by atoms with E-state index in [2.05, 4.69) is 11.9 Å². The van der Waals surface area contributed by atoms with Crippen LogP contribution in [-0.4, -0.2) is 40.4 Å². The van der Waals surface area contributed by atoms with Gasteiger partial charge in [0.2, 0.25) is 0 Å². The lowest BCUT2D eigenvalue weighted by atomic mass is 10.1. The number of para-hydroxylation sites is 1. The van der Waals surface area contributed by atoms with Crippen molar-refractivity contribution in [3.8, 4) is 5.75 Å². The third-order valence-electron chi connectivity index (χ3n) is 4.50. The Morgan fingerprint density at radius 2 is 1.81 bits per heavy atom. The predicted molar refractivity (Wildman–Crippen MR) is 124 cm³/mol. The molecule has 0 amide bonds. The lowest BCUT2D eigenvalue weighted by Crippen LogP contribution is -2.12. The Hall–Kier alpha value is -3.52. The Bertz CT molecular complexity index is 1100. The van der Waals surface area contributed by atoms with Gasteiger partial charge in [-0.25, -0.2) is 14.6 Å². The molecule has 0 saturated carbocycles. The SMILES string of the molecule is CCOC(=O)C1=C(O)/C(=C/c2ccccc2OCC(=O)O)SC1=Nc1ccc(CC)cc1. The highest BCUT2D eigenvalue weighted by Crippen LogP contribution is 2.41. The molecule has 0 atom stereocenters. The van der Waals surface area contributed by atoms with Crippen LogP contribution in [-0.2, 0) is 20.7 Å². The van der Waals surface area contributed by atoms with E-state index in [1.54, 1.807) is 37.3 Å². The lowest BCUT2D eigenvalue weighted by Gasteiger charge is -2.07. The fraction of sp³-hybridized carbons (Fsp3) is 0.208. The maximum Gasteiger partial charge on any atom is 0.344 e. The number of carboxylic acid groups (broad SMARTS) is 1. The molecule has 3 rings (SSSR count). The number of ether oxygens (including phenoxy) is 2. The molecule has 0 aromatic heterocycles. The second kappa shape index (κ2) is 10.7. The maximum absolute atomic E-state index is 12.5. The number of rotatable bonds is 8. The number of thioether (sulfide) groups is 1. The standard InChI is InChI=1S/C24H23NO6S/c1-3-15-9-11-17(12-10-15)25-23-21(24(29)30-4-2)22(28)19(32-23)13-16-7-5-6-8-18(16)31-14-20(26)27/h5-13,28H,3-4,14H2,1-2H3,(H,26,27)/b19-13-,25-23?. The molecular weight excluding hydrogens is 430 g/mol. The van der Waals surface area contributed by atoms with Crippen molar-refractivity contribution in [2.24, 2.45) is 4.99 Å². The molecule has 0 aliphatic carbocycles. The molecule has 0 spiro atoms. The Morgan fingerprint density at radius 1 is 1.09 bits per heavy atom. The molecule has 0 saturated heterocycles. The van der Waals surface area contributed by atoms with E-state index >= 15 is 0 Å². The molecule has 1 heterocycles. The molecule has 0 radical (unpaired) electrons. The summed E-state index contributed by atoms with van der Waals surface area (Å²) in [6, 6.07) is 14.4. The van der Waals surface area contributed by atoms with Gasteiger partial charge in [-0.05, 0) is 43.2 Å². The van der Waals surface area contributed by atoms with Crippen LogP contribution in [0.2, 0.25) is 0 Å². The molecule has 1 aliphatic heterocycles. The predicted octanol–water partition coefficient (Wildman–Crippen LogP) is 4.91. The number of nitrogens with zero attached hydrogens (tertiary/aromatic N) is 1. The smallest absolute Gasteiger partial charge is 0.344 e. The van der Waals surface area contributed by atoms with Gasteiger partial charge >= 0.3 is 11.9 Å². The van der Waals surface area contributed by atoms with Crippen LogP contribution < -0.4 is 4.74 Å². The summed E-state index contributed by atoms with van der Waals surface area (Å²) in [5, 5.41) is 20.0. The topological polar surface area (TPSA) is 105 Å². The lowest BCUT2D eigenvalue weighted by molar-refractivity contribution is -0.139. The van der Waals surface area contributed by atoms with E-state index in [1.807, 2.05) is 24.3 Å². The number of carbonyl (C=O) groups excluding carboxylic acids is 1. The second-order valence-corrected chi connectivity index (χ2v) is 7.74. The van der Waals surface area contributed by atoms with Crippen molar-refractivity contribution in [3.05, 3.63) is 75.9 Å². The van der Waals surface area contributed by atoms with E-state index in [-0.39, 0.29) is 17.9 Å². The molecule has 2 aromatic rings. The molecule has 7 nitrogen and oxygen atoms in total. The number of aliphatic hydroxyl groups is 1. The van der Waals surface area contributed by atoms with E-state index in [4.69, 9.17) is 14.6 Å². The summed E-state index contributed by atoms with van der Waals surface area (Å²) in [5.41, 5.74) is 2.35. The summed E-state index contributed by atoms with van der Waals surface area (Å²) >= 11 is 1.13. The normalized spacial score (nSPS) is 15.9. The highest BCUT2D eigenvalue weighted by molar-refractivity contribution is 8.18. The summed E-state index contributed by atoms with van der Waals surface area (Å²) in [6.45, 7) is 3.40. The molecule has 166 valence electrons. The van der Waals surface area contributed by atoms with Gasteiger partial charge in [-0.2, -0.15) is 0 Å². The van der Waals surface area contributed by atoms with Crippen LogP contribution in [0.15, 0.2) is 69.8 Å². The Morgan fingerprint density at radius 3 is 2.47 bits per heavy atom. The van der Waals surface area contributed by atoms with Gasteiger partial charge in [0.1, 0.15) is 22.1 Å². The summed E-state index contributed by atoms with van der Waals surface area (Å²) in [7, 11) is 0. The first-order chi connectivity index (χ1) is 15.4. The quantitative estimate of drug-likeness (QED) is 0.547. The summed E-state index contributed by atoms with van der Waals surface area (Å²) in [6.07, 6.45) is 2.52. The van der Waals surface area contributed by atoms with Gasteiger partial charge in [0.05, 0.1) is 17.2 Å². The van der Waals surface area contributed by atoms with Crippen LogP contribution >= 0.6 is 11.8 Å². The first kappa shape index (κ1) is 23.1. The van der Waals surface area contributed by atoms with Crippen LogP contribution in [0.3, 0.4) is 0 Å².